The van der Waals surface area contributed by atoms with Crippen LogP contribution in [0.15, 0.2) is 48.5 Å². The Hall–Kier alpha value is -3.06. The maximum Gasteiger partial charge on any atom is 0.329 e. The number of aryl methyl sites for hydroxylation is 1. The number of benzene rings is 2. The molecule has 2 aromatic carbocycles. The number of urea groups is 1. The molecule has 7 heteroatoms. The van der Waals surface area contributed by atoms with Crippen molar-refractivity contribution in [1.29, 1.82) is 0 Å². The van der Waals surface area contributed by atoms with Gasteiger partial charge in [-0.1, -0.05) is 36.4 Å². The van der Waals surface area contributed by atoms with E-state index in [2.05, 4.69) is 22.3 Å². The summed E-state index contributed by atoms with van der Waals surface area (Å²) in [5.74, 6) is 0.816. The van der Waals surface area contributed by atoms with Crippen LogP contribution in [-0.2, 0) is 16.8 Å². The average molecular weight is 436 g/mol. The topological polar surface area (TPSA) is 66.3 Å². The second-order valence-corrected chi connectivity index (χ2v) is 8.88. The van der Waals surface area contributed by atoms with Gasteiger partial charge in [0.1, 0.15) is 11.3 Å². The van der Waals surface area contributed by atoms with Crippen LogP contribution in [0.3, 0.4) is 0 Å². The van der Waals surface area contributed by atoms with Crippen molar-refractivity contribution in [2.75, 3.05) is 44.4 Å². The highest BCUT2D eigenvalue weighted by molar-refractivity contribution is 6.07. The van der Waals surface area contributed by atoms with E-state index in [9.17, 15) is 9.59 Å². The molecule has 2 saturated heterocycles. The predicted octanol–water partition coefficient (Wildman–Crippen LogP) is 1.53. The van der Waals surface area contributed by atoms with Gasteiger partial charge in [-0.25, -0.2) is 9.69 Å². The minimum Gasteiger partial charge on any atom is -0.492 e. The van der Waals surface area contributed by atoms with Gasteiger partial charge in [0.05, 0.1) is 38.5 Å². The molecule has 0 aromatic heterocycles. The molecule has 0 radical (unpaired) electrons. The van der Waals surface area contributed by atoms with Crippen molar-refractivity contribution in [2.24, 2.45) is 0 Å². The summed E-state index contributed by atoms with van der Waals surface area (Å²) in [6.07, 6.45) is 2.53. The first-order valence-electron chi connectivity index (χ1n) is 11.7. The van der Waals surface area contributed by atoms with Crippen LogP contribution in [0.2, 0.25) is 0 Å². The molecule has 2 heterocycles. The molecule has 5 rings (SSSR count). The van der Waals surface area contributed by atoms with Crippen LogP contribution in [0, 0.1) is 0 Å². The van der Waals surface area contributed by atoms with Crippen molar-refractivity contribution in [1.82, 2.24) is 10.2 Å². The maximum absolute atomic E-state index is 13.5. The smallest absolute Gasteiger partial charge is 0.329 e. The highest BCUT2D eigenvalue weighted by Gasteiger charge is 2.54. The SMILES string of the molecule is CCOc1ccccc1N1CC[NH+](CN2C(=O)N[C@]3(CCCc4ccccc43)C2=O)CC1. The molecule has 32 heavy (non-hydrogen) atoms. The Morgan fingerprint density at radius 1 is 1.06 bits per heavy atom. The molecule has 0 bridgehead atoms. The molecular weight excluding hydrogens is 404 g/mol. The summed E-state index contributed by atoms with van der Waals surface area (Å²) >= 11 is 0. The second kappa shape index (κ2) is 8.47. The molecule has 0 unspecified atom stereocenters. The molecule has 168 valence electrons. The van der Waals surface area contributed by atoms with Gasteiger partial charge in [0.2, 0.25) is 0 Å². The van der Waals surface area contributed by atoms with Gasteiger partial charge in [0, 0.05) is 0 Å². The zero-order valence-electron chi connectivity index (χ0n) is 18.6. The Labute approximate surface area is 188 Å². The number of nitrogens with one attached hydrogen (secondary N) is 2. The first-order chi connectivity index (χ1) is 15.6. The Bertz CT molecular complexity index is 1020. The quantitative estimate of drug-likeness (QED) is 0.700. The summed E-state index contributed by atoms with van der Waals surface area (Å²) < 4.78 is 5.79. The zero-order valence-corrected chi connectivity index (χ0v) is 18.6. The second-order valence-electron chi connectivity index (χ2n) is 8.88. The van der Waals surface area contributed by atoms with Crippen LogP contribution in [0.25, 0.3) is 0 Å². The molecule has 2 aromatic rings. The summed E-state index contributed by atoms with van der Waals surface area (Å²) in [4.78, 5) is 31.5. The number of nitrogens with zero attached hydrogens (tertiary/aromatic N) is 2. The number of ether oxygens (including phenoxy) is 1. The number of carbonyl (C=O) groups is 2. The highest BCUT2D eigenvalue weighted by atomic mass is 16.5. The Balaban J connectivity index is 1.27. The first kappa shape index (κ1) is 20.8. The Morgan fingerprint density at radius 2 is 1.81 bits per heavy atom. The average Bonchev–Trinajstić information content (AvgIpc) is 3.05. The molecular formula is C25H31N4O3+. The number of anilines is 1. The van der Waals surface area contributed by atoms with Crippen molar-refractivity contribution in [3.05, 3.63) is 59.7 Å². The molecule has 2 N–H and O–H groups in total. The minimum absolute atomic E-state index is 0.0914. The van der Waals surface area contributed by atoms with Crippen molar-refractivity contribution in [3.63, 3.8) is 0 Å². The molecule has 1 aliphatic carbocycles. The van der Waals surface area contributed by atoms with Crippen LogP contribution < -0.4 is 19.9 Å². The van der Waals surface area contributed by atoms with Crippen molar-refractivity contribution in [2.45, 2.75) is 31.7 Å². The van der Waals surface area contributed by atoms with Crippen LogP contribution >= 0.6 is 0 Å². The van der Waals surface area contributed by atoms with Gasteiger partial charge in [-0.15, -0.1) is 0 Å². The molecule has 3 aliphatic rings. The van der Waals surface area contributed by atoms with E-state index in [1.807, 2.05) is 43.3 Å². The number of hydrogen-bond donors (Lipinski definition) is 2. The fourth-order valence-electron chi connectivity index (χ4n) is 5.40. The number of amides is 3. The highest BCUT2D eigenvalue weighted by Crippen LogP contribution is 2.39. The molecule has 2 fully saturated rings. The van der Waals surface area contributed by atoms with E-state index in [4.69, 9.17) is 4.74 Å². The van der Waals surface area contributed by atoms with Crippen molar-refractivity contribution in [3.8, 4) is 5.75 Å². The fourth-order valence-corrected chi connectivity index (χ4v) is 5.40. The largest absolute Gasteiger partial charge is 0.492 e. The monoisotopic (exact) mass is 435 g/mol. The van der Waals surface area contributed by atoms with E-state index in [-0.39, 0.29) is 11.9 Å². The van der Waals surface area contributed by atoms with Gasteiger partial charge in [0.15, 0.2) is 6.67 Å². The maximum atomic E-state index is 13.5. The third-order valence-corrected chi connectivity index (χ3v) is 7.01. The summed E-state index contributed by atoms with van der Waals surface area (Å²) in [6.45, 7) is 6.49. The first-order valence-corrected chi connectivity index (χ1v) is 11.7. The lowest BCUT2D eigenvalue weighted by Crippen LogP contribution is -3.16. The lowest BCUT2D eigenvalue weighted by Gasteiger charge is -2.36. The number of imide groups is 1. The molecule has 0 saturated carbocycles. The van der Waals surface area contributed by atoms with Gasteiger partial charge in [-0.3, -0.25) is 4.79 Å². The predicted molar refractivity (Wildman–Crippen MR) is 122 cm³/mol. The zero-order chi connectivity index (χ0) is 22.1. The summed E-state index contributed by atoms with van der Waals surface area (Å²) in [7, 11) is 0. The molecule has 2 aliphatic heterocycles. The van der Waals surface area contributed by atoms with Gasteiger partial charge in [0.25, 0.3) is 5.91 Å². The van der Waals surface area contributed by atoms with Crippen LogP contribution in [0.5, 0.6) is 5.75 Å². The van der Waals surface area contributed by atoms with Crippen molar-refractivity contribution < 1.29 is 19.2 Å². The molecule has 1 spiro atoms. The lowest BCUT2D eigenvalue weighted by atomic mass is 9.76. The molecule has 1 atom stereocenters. The normalized spacial score (nSPS) is 23.4. The number of piperazine rings is 1. The number of rotatable bonds is 5. The van der Waals surface area contributed by atoms with E-state index >= 15 is 0 Å². The number of carbonyl (C=O) groups excluding carboxylic acids is 2. The Morgan fingerprint density at radius 3 is 2.62 bits per heavy atom. The van der Waals surface area contributed by atoms with Crippen LogP contribution in [0.4, 0.5) is 10.5 Å². The fraction of sp³-hybridized carbons (Fsp3) is 0.440. The summed E-state index contributed by atoms with van der Waals surface area (Å²) in [6, 6.07) is 15.9. The number of hydrogen-bond acceptors (Lipinski definition) is 4. The number of para-hydroxylation sites is 2. The standard InChI is InChI=1S/C25H30N4O3/c1-2-32-22-12-6-5-11-21(22)28-16-14-27(15-17-28)18-29-23(30)25(26-24(29)31)13-7-9-19-8-3-4-10-20(19)25/h3-6,8,10-12H,2,7,9,13-18H2,1H3,(H,26,31)/p+1/t25-/m0/s1. The van der Waals surface area contributed by atoms with E-state index < -0.39 is 5.54 Å². The number of quaternary nitrogens is 1. The van der Waals surface area contributed by atoms with E-state index in [0.29, 0.717) is 19.7 Å². The lowest BCUT2D eigenvalue weighted by molar-refractivity contribution is -0.907. The minimum atomic E-state index is -0.885. The van der Waals surface area contributed by atoms with Gasteiger partial charge in [-0.2, -0.15) is 0 Å². The Kier molecular flexibility index (Phi) is 5.51. The summed E-state index contributed by atoms with van der Waals surface area (Å²) in [5.41, 5.74) is 2.37. The van der Waals surface area contributed by atoms with E-state index in [1.54, 1.807) is 0 Å². The van der Waals surface area contributed by atoms with Gasteiger partial charge in [-0.05, 0) is 49.4 Å². The van der Waals surface area contributed by atoms with Crippen molar-refractivity contribution >= 4 is 17.6 Å². The molecule has 3 amide bonds. The van der Waals surface area contributed by atoms with E-state index in [0.717, 1.165) is 56.0 Å². The van der Waals surface area contributed by atoms with Gasteiger partial charge >= 0.3 is 6.03 Å². The number of fused-ring (bicyclic) bond motifs is 2. The summed E-state index contributed by atoms with van der Waals surface area (Å²) in [5, 5.41) is 3.07. The third kappa shape index (κ3) is 3.50. The third-order valence-electron chi connectivity index (χ3n) is 7.01. The molecule has 7 nitrogen and oxygen atoms in total. The van der Waals surface area contributed by atoms with Crippen LogP contribution in [-0.4, -0.2) is 56.3 Å². The van der Waals surface area contributed by atoms with Crippen LogP contribution in [0.1, 0.15) is 30.9 Å². The van der Waals surface area contributed by atoms with E-state index in [1.165, 1.54) is 15.4 Å². The van der Waals surface area contributed by atoms with Gasteiger partial charge < -0.3 is 19.9 Å².